The van der Waals surface area contributed by atoms with Gasteiger partial charge < -0.3 is 10.1 Å². The van der Waals surface area contributed by atoms with Gasteiger partial charge in [-0.2, -0.15) is 0 Å². The van der Waals surface area contributed by atoms with E-state index in [0.29, 0.717) is 6.04 Å². The minimum Gasteiger partial charge on any atom is -0.496 e. The fraction of sp³-hybridized carbons (Fsp3) is 0.294. The monoisotopic (exact) mass is 253 g/mol. The van der Waals surface area contributed by atoms with E-state index in [1.807, 2.05) is 12.1 Å². The van der Waals surface area contributed by atoms with Crippen LogP contribution in [0.2, 0.25) is 0 Å². The molecule has 2 aromatic carbocycles. The van der Waals surface area contributed by atoms with Crippen molar-refractivity contribution in [1.29, 1.82) is 0 Å². The summed E-state index contributed by atoms with van der Waals surface area (Å²) in [5.41, 5.74) is 4.16. The Morgan fingerprint density at radius 1 is 1.11 bits per heavy atom. The van der Waals surface area contributed by atoms with E-state index < -0.39 is 0 Å². The van der Waals surface area contributed by atoms with Crippen LogP contribution in [0.4, 0.5) is 0 Å². The maximum Gasteiger partial charge on any atom is 0.123 e. The summed E-state index contributed by atoms with van der Waals surface area (Å²) in [6.45, 7) is 0.850. The molecule has 0 aliphatic heterocycles. The Morgan fingerprint density at radius 3 is 2.79 bits per heavy atom. The molecule has 1 aliphatic rings. The van der Waals surface area contributed by atoms with Crippen molar-refractivity contribution < 1.29 is 4.74 Å². The molecule has 0 saturated heterocycles. The maximum atomic E-state index is 5.39. The Balaban J connectivity index is 1.71. The summed E-state index contributed by atoms with van der Waals surface area (Å²) in [6, 6.07) is 17.4. The molecule has 0 fully saturated rings. The van der Waals surface area contributed by atoms with Gasteiger partial charge in [0.25, 0.3) is 0 Å². The van der Waals surface area contributed by atoms with Crippen LogP contribution in [-0.4, -0.2) is 7.11 Å². The molecule has 0 saturated carbocycles. The summed E-state index contributed by atoms with van der Waals surface area (Å²) in [4.78, 5) is 0. The molecule has 3 rings (SSSR count). The normalized spacial score (nSPS) is 17.2. The zero-order chi connectivity index (χ0) is 13.1. The molecule has 1 atom stereocenters. The molecule has 0 spiro atoms. The Labute approximate surface area is 114 Å². The van der Waals surface area contributed by atoms with Gasteiger partial charge in [0.2, 0.25) is 0 Å². The molecule has 19 heavy (non-hydrogen) atoms. The van der Waals surface area contributed by atoms with Gasteiger partial charge in [0, 0.05) is 18.2 Å². The number of hydrogen-bond acceptors (Lipinski definition) is 2. The van der Waals surface area contributed by atoms with Gasteiger partial charge in [0.15, 0.2) is 0 Å². The number of benzene rings is 2. The lowest BCUT2D eigenvalue weighted by Crippen LogP contribution is -2.19. The van der Waals surface area contributed by atoms with Crippen molar-refractivity contribution in [3.63, 3.8) is 0 Å². The van der Waals surface area contributed by atoms with Crippen molar-refractivity contribution in [3.8, 4) is 5.75 Å². The fourth-order valence-electron chi connectivity index (χ4n) is 2.85. The van der Waals surface area contributed by atoms with Gasteiger partial charge in [0.1, 0.15) is 5.75 Å². The van der Waals surface area contributed by atoms with E-state index >= 15 is 0 Å². The summed E-state index contributed by atoms with van der Waals surface area (Å²) in [5, 5.41) is 3.65. The number of ether oxygens (including phenoxy) is 1. The largest absolute Gasteiger partial charge is 0.496 e. The van der Waals surface area contributed by atoms with Crippen molar-refractivity contribution in [1.82, 2.24) is 5.32 Å². The minimum atomic E-state index is 0.473. The molecule has 2 heteroatoms. The molecular weight excluding hydrogens is 234 g/mol. The van der Waals surface area contributed by atoms with Crippen molar-refractivity contribution >= 4 is 0 Å². The Kier molecular flexibility index (Phi) is 3.51. The van der Waals surface area contributed by atoms with Gasteiger partial charge in [0.05, 0.1) is 7.11 Å². The van der Waals surface area contributed by atoms with E-state index in [4.69, 9.17) is 4.74 Å². The zero-order valence-electron chi connectivity index (χ0n) is 11.2. The molecule has 0 bridgehead atoms. The summed E-state index contributed by atoms with van der Waals surface area (Å²) in [6.07, 6.45) is 2.37. The quantitative estimate of drug-likeness (QED) is 0.900. The van der Waals surface area contributed by atoms with E-state index in [-0.39, 0.29) is 0 Å². The molecule has 0 aromatic heterocycles. The number of fused-ring (bicyclic) bond motifs is 1. The zero-order valence-corrected chi connectivity index (χ0v) is 11.2. The molecule has 1 N–H and O–H groups in total. The smallest absolute Gasteiger partial charge is 0.123 e. The third-order valence-electron chi connectivity index (χ3n) is 3.86. The first-order valence-corrected chi connectivity index (χ1v) is 6.81. The second kappa shape index (κ2) is 5.45. The molecule has 0 heterocycles. The second-order valence-corrected chi connectivity index (χ2v) is 4.98. The minimum absolute atomic E-state index is 0.473. The van der Waals surface area contributed by atoms with Crippen LogP contribution >= 0.6 is 0 Å². The van der Waals surface area contributed by atoms with E-state index in [9.17, 15) is 0 Å². The average molecular weight is 253 g/mol. The van der Waals surface area contributed by atoms with Crippen LogP contribution in [0.1, 0.15) is 29.2 Å². The van der Waals surface area contributed by atoms with Crippen molar-refractivity contribution in [2.24, 2.45) is 0 Å². The van der Waals surface area contributed by atoms with E-state index in [2.05, 4.69) is 41.7 Å². The van der Waals surface area contributed by atoms with Gasteiger partial charge >= 0.3 is 0 Å². The van der Waals surface area contributed by atoms with Gasteiger partial charge in [-0.3, -0.25) is 0 Å². The highest BCUT2D eigenvalue weighted by atomic mass is 16.5. The maximum absolute atomic E-state index is 5.39. The number of aryl methyl sites for hydroxylation is 1. The van der Waals surface area contributed by atoms with Crippen molar-refractivity contribution in [2.45, 2.75) is 25.4 Å². The molecule has 2 nitrogen and oxygen atoms in total. The first-order valence-electron chi connectivity index (χ1n) is 6.81. The summed E-state index contributed by atoms with van der Waals surface area (Å²) >= 11 is 0. The van der Waals surface area contributed by atoms with Gasteiger partial charge in [-0.15, -0.1) is 0 Å². The first kappa shape index (κ1) is 12.2. The number of para-hydroxylation sites is 1. The summed E-state index contributed by atoms with van der Waals surface area (Å²) in [7, 11) is 1.73. The van der Waals surface area contributed by atoms with Crippen LogP contribution in [0, 0.1) is 0 Å². The fourth-order valence-corrected chi connectivity index (χ4v) is 2.85. The molecule has 2 aromatic rings. The predicted molar refractivity (Wildman–Crippen MR) is 77.3 cm³/mol. The molecule has 0 amide bonds. The average Bonchev–Trinajstić information content (AvgIpc) is 2.89. The number of methoxy groups -OCH3 is 1. The van der Waals surface area contributed by atoms with E-state index in [1.54, 1.807) is 7.11 Å². The van der Waals surface area contributed by atoms with Crippen LogP contribution in [0.25, 0.3) is 0 Å². The lowest BCUT2D eigenvalue weighted by Gasteiger charge is -2.15. The van der Waals surface area contributed by atoms with Gasteiger partial charge in [-0.05, 0) is 30.0 Å². The molecule has 1 unspecified atom stereocenters. The van der Waals surface area contributed by atoms with Crippen LogP contribution in [0.5, 0.6) is 5.75 Å². The highest BCUT2D eigenvalue weighted by molar-refractivity contribution is 5.36. The predicted octanol–water partition coefficient (Wildman–Crippen LogP) is 3.47. The van der Waals surface area contributed by atoms with E-state index in [1.165, 1.54) is 29.5 Å². The Hall–Kier alpha value is -1.80. The molecule has 1 aliphatic carbocycles. The molecule has 98 valence electrons. The second-order valence-electron chi connectivity index (χ2n) is 4.98. The van der Waals surface area contributed by atoms with Gasteiger partial charge in [-0.1, -0.05) is 42.5 Å². The Morgan fingerprint density at radius 2 is 1.89 bits per heavy atom. The lowest BCUT2D eigenvalue weighted by molar-refractivity contribution is 0.405. The third-order valence-corrected chi connectivity index (χ3v) is 3.86. The van der Waals surface area contributed by atoms with Crippen LogP contribution in [-0.2, 0) is 13.0 Å². The highest BCUT2D eigenvalue weighted by Crippen LogP contribution is 2.31. The summed E-state index contributed by atoms with van der Waals surface area (Å²) < 4.78 is 5.39. The van der Waals surface area contributed by atoms with E-state index in [0.717, 1.165) is 12.3 Å². The SMILES string of the molecule is COc1ccccc1CNC1CCc2ccccc21. The van der Waals surface area contributed by atoms with Crippen LogP contribution in [0.3, 0.4) is 0 Å². The number of nitrogens with one attached hydrogen (secondary N) is 1. The summed E-state index contributed by atoms with van der Waals surface area (Å²) in [5.74, 6) is 0.960. The third kappa shape index (κ3) is 2.49. The molecular formula is C17H19NO. The van der Waals surface area contributed by atoms with Crippen LogP contribution < -0.4 is 10.1 Å². The van der Waals surface area contributed by atoms with Crippen molar-refractivity contribution in [3.05, 3.63) is 65.2 Å². The first-order chi connectivity index (χ1) is 9.38. The topological polar surface area (TPSA) is 21.3 Å². The number of rotatable bonds is 4. The standard InChI is InChI=1S/C17H19NO/c1-19-17-9-5-3-7-14(17)12-18-16-11-10-13-6-2-4-8-15(13)16/h2-9,16,18H,10-12H2,1H3. The Bertz CT molecular complexity index is 565. The van der Waals surface area contributed by atoms with Crippen molar-refractivity contribution in [2.75, 3.05) is 7.11 Å². The molecule has 0 radical (unpaired) electrons. The number of hydrogen-bond donors (Lipinski definition) is 1. The highest BCUT2D eigenvalue weighted by Gasteiger charge is 2.21. The van der Waals surface area contributed by atoms with Gasteiger partial charge in [-0.25, -0.2) is 0 Å². The lowest BCUT2D eigenvalue weighted by atomic mass is 10.1. The van der Waals surface area contributed by atoms with Crippen LogP contribution in [0.15, 0.2) is 48.5 Å².